The van der Waals surface area contributed by atoms with E-state index in [2.05, 4.69) is 15.8 Å². The number of aryl methyl sites for hydroxylation is 1. The maximum atomic E-state index is 11.8. The van der Waals surface area contributed by atoms with Gasteiger partial charge in [0.15, 0.2) is 0 Å². The van der Waals surface area contributed by atoms with Crippen LogP contribution >= 0.6 is 22.9 Å². The summed E-state index contributed by atoms with van der Waals surface area (Å²) in [6.07, 6.45) is 0. The fourth-order valence-corrected chi connectivity index (χ4v) is 2.44. The van der Waals surface area contributed by atoms with Crippen molar-refractivity contribution in [1.82, 2.24) is 5.43 Å². The van der Waals surface area contributed by atoms with Crippen molar-refractivity contribution >= 4 is 46.2 Å². The van der Waals surface area contributed by atoms with E-state index < -0.39 is 11.8 Å². The van der Waals surface area contributed by atoms with Crippen LogP contribution in [0.3, 0.4) is 0 Å². The summed E-state index contributed by atoms with van der Waals surface area (Å²) in [4.78, 5) is 24.4. The van der Waals surface area contributed by atoms with Crippen molar-refractivity contribution in [2.75, 3.05) is 5.32 Å². The summed E-state index contributed by atoms with van der Waals surface area (Å²) < 4.78 is 0. The van der Waals surface area contributed by atoms with Gasteiger partial charge in [-0.25, -0.2) is 5.43 Å². The first kappa shape index (κ1) is 16.2. The second-order valence-corrected chi connectivity index (χ2v) is 5.89. The first-order chi connectivity index (χ1) is 10.5. The predicted octanol–water partition coefficient (Wildman–Crippen LogP) is 3.19. The van der Waals surface area contributed by atoms with Gasteiger partial charge in [0.05, 0.1) is 5.71 Å². The highest BCUT2D eigenvalue weighted by atomic mass is 35.5. The molecule has 0 unspecified atom stereocenters. The summed E-state index contributed by atoms with van der Waals surface area (Å²) in [6.45, 7) is 3.60. The molecule has 0 aliphatic carbocycles. The van der Waals surface area contributed by atoms with Gasteiger partial charge in [-0.05, 0) is 43.0 Å². The Balaban J connectivity index is 1.96. The molecular formula is C15H14ClN3O2S. The molecule has 0 atom stereocenters. The first-order valence-corrected chi connectivity index (χ1v) is 7.69. The molecule has 0 aliphatic heterocycles. The van der Waals surface area contributed by atoms with E-state index in [0.29, 0.717) is 16.4 Å². The van der Waals surface area contributed by atoms with Crippen LogP contribution < -0.4 is 10.7 Å². The van der Waals surface area contributed by atoms with Crippen LogP contribution in [0.1, 0.15) is 17.4 Å². The Morgan fingerprint density at radius 3 is 2.64 bits per heavy atom. The van der Waals surface area contributed by atoms with E-state index in [1.54, 1.807) is 25.1 Å². The third-order valence-corrected chi connectivity index (χ3v) is 4.22. The van der Waals surface area contributed by atoms with Gasteiger partial charge in [-0.3, -0.25) is 9.59 Å². The molecule has 7 heteroatoms. The summed E-state index contributed by atoms with van der Waals surface area (Å²) in [7, 11) is 0. The van der Waals surface area contributed by atoms with Gasteiger partial charge < -0.3 is 5.32 Å². The van der Waals surface area contributed by atoms with Crippen LogP contribution in [0.5, 0.6) is 0 Å². The number of nitrogens with zero attached hydrogens (tertiary/aromatic N) is 1. The lowest BCUT2D eigenvalue weighted by Crippen LogP contribution is -2.32. The van der Waals surface area contributed by atoms with Gasteiger partial charge >= 0.3 is 11.8 Å². The summed E-state index contributed by atoms with van der Waals surface area (Å²) in [5.74, 6) is -1.64. The van der Waals surface area contributed by atoms with E-state index in [1.165, 1.54) is 11.3 Å². The molecule has 0 saturated heterocycles. The Bertz CT molecular complexity index is 726. The van der Waals surface area contributed by atoms with Crippen molar-refractivity contribution in [2.45, 2.75) is 13.8 Å². The number of hydrazone groups is 1. The average molecular weight is 336 g/mol. The number of halogens is 1. The van der Waals surface area contributed by atoms with Crippen molar-refractivity contribution in [1.29, 1.82) is 0 Å². The van der Waals surface area contributed by atoms with Crippen LogP contribution in [0.15, 0.2) is 40.8 Å². The minimum Gasteiger partial charge on any atom is -0.318 e. The Hall–Kier alpha value is -2.18. The normalized spacial score (nSPS) is 11.1. The Kier molecular flexibility index (Phi) is 5.30. The minimum absolute atomic E-state index is 0.453. The van der Waals surface area contributed by atoms with Gasteiger partial charge in [0.2, 0.25) is 0 Å². The average Bonchev–Trinajstić information content (AvgIpc) is 3.02. The molecule has 0 spiro atoms. The number of rotatable bonds is 3. The monoisotopic (exact) mass is 335 g/mol. The van der Waals surface area contributed by atoms with Crippen molar-refractivity contribution in [3.8, 4) is 0 Å². The number of carbonyl (C=O) groups excluding carboxylic acids is 2. The number of hydrogen-bond donors (Lipinski definition) is 2. The predicted molar refractivity (Wildman–Crippen MR) is 89.5 cm³/mol. The maximum Gasteiger partial charge on any atom is 0.329 e. The van der Waals surface area contributed by atoms with Crippen LogP contribution in [0.25, 0.3) is 0 Å². The highest BCUT2D eigenvalue weighted by Gasteiger charge is 2.13. The number of thiophene rings is 1. The summed E-state index contributed by atoms with van der Waals surface area (Å²) in [5.41, 5.74) is 4.20. The third-order valence-electron chi connectivity index (χ3n) is 2.84. The van der Waals surface area contributed by atoms with Gasteiger partial charge in [0.1, 0.15) is 0 Å². The topological polar surface area (TPSA) is 70.6 Å². The second-order valence-electron chi connectivity index (χ2n) is 4.53. The van der Waals surface area contributed by atoms with Crippen molar-refractivity contribution < 1.29 is 9.59 Å². The van der Waals surface area contributed by atoms with Crippen molar-refractivity contribution in [2.24, 2.45) is 5.10 Å². The molecule has 0 bridgehead atoms. The molecular weight excluding hydrogens is 322 g/mol. The summed E-state index contributed by atoms with van der Waals surface area (Å²) in [5, 5.41) is 8.79. The molecule has 22 heavy (non-hydrogen) atoms. The molecule has 114 valence electrons. The molecule has 0 radical (unpaired) electrons. The number of hydrogen-bond acceptors (Lipinski definition) is 4. The van der Waals surface area contributed by atoms with Crippen molar-refractivity contribution in [3.05, 3.63) is 51.2 Å². The molecule has 2 N–H and O–H groups in total. The number of anilines is 1. The molecule has 0 aliphatic rings. The third kappa shape index (κ3) is 4.16. The van der Waals surface area contributed by atoms with E-state index in [4.69, 9.17) is 11.6 Å². The fourth-order valence-electron chi connectivity index (χ4n) is 1.58. The zero-order chi connectivity index (χ0) is 16.1. The fraction of sp³-hybridized carbons (Fsp3) is 0.133. The standard InChI is InChI=1S/C15H14ClN3O2S/c1-9-5-6-11(8-12(9)16)17-14(20)15(21)19-18-10(2)13-4-3-7-22-13/h3-8H,1-2H3,(H,17,20)(H,19,21)/b18-10+. The lowest BCUT2D eigenvalue weighted by atomic mass is 10.2. The van der Waals surface area contributed by atoms with Crippen LogP contribution in [-0.2, 0) is 9.59 Å². The molecule has 2 rings (SSSR count). The number of amides is 2. The van der Waals surface area contributed by atoms with Crippen LogP contribution in [0.4, 0.5) is 5.69 Å². The SMILES string of the molecule is C/C(=N\NC(=O)C(=O)Nc1ccc(C)c(Cl)c1)c1cccs1. The molecule has 0 fully saturated rings. The largest absolute Gasteiger partial charge is 0.329 e. The Morgan fingerprint density at radius 2 is 2.00 bits per heavy atom. The lowest BCUT2D eigenvalue weighted by Gasteiger charge is -2.06. The van der Waals surface area contributed by atoms with E-state index >= 15 is 0 Å². The van der Waals surface area contributed by atoms with Gasteiger partial charge in [-0.1, -0.05) is 23.7 Å². The van der Waals surface area contributed by atoms with Gasteiger partial charge in [-0.15, -0.1) is 11.3 Å². The number of benzene rings is 1. The minimum atomic E-state index is -0.840. The van der Waals surface area contributed by atoms with Gasteiger partial charge in [0, 0.05) is 15.6 Å². The Morgan fingerprint density at radius 1 is 1.23 bits per heavy atom. The molecule has 5 nitrogen and oxygen atoms in total. The molecule has 2 aromatic rings. The molecule has 1 aromatic heterocycles. The molecule has 0 saturated carbocycles. The second kappa shape index (κ2) is 7.20. The zero-order valence-corrected chi connectivity index (χ0v) is 13.6. The highest BCUT2D eigenvalue weighted by molar-refractivity contribution is 7.12. The van der Waals surface area contributed by atoms with Crippen LogP contribution in [-0.4, -0.2) is 17.5 Å². The molecule has 1 aromatic carbocycles. The maximum absolute atomic E-state index is 11.8. The molecule has 2 amide bonds. The quantitative estimate of drug-likeness (QED) is 0.513. The number of carbonyl (C=O) groups is 2. The van der Waals surface area contributed by atoms with Crippen LogP contribution in [0, 0.1) is 6.92 Å². The van der Waals surface area contributed by atoms with Crippen LogP contribution in [0.2, 0.25) is 5.02 Å². The summed E-state index contributed by atoms with van der Waals surface area (Å²) >= 11 is 7.46. The number of nitrogens with one attached hydrogen (secondary N) is 2. The highest BCUT2D eigenvalue weighted by Crippen LogP contribution is 2.19. The van der Waals surface area contributed by atoms with E-state index in [9.17, 15) is 9.59 Å². The smallest absolute Gasteiger partial charge is 0.318 e. The summed E-state index contributed by atoms with van der Waals surface area (Å²) in [6, 6.07) is 8.78. The first-order valence-electron chi connectivity index (χ1n) is 6.43. The van der Waals surface area contributed by atoms with E-state index in [0.717, 1.165) is 10.4 Å². The lowest BCUT2D eigenvalue weighted by molar-refractivity contribution is -0.136. The molecule has 1 heterocycles. The zero-order valence-electron chi connectivity index (χ0n) is 12.0. The van der Waals surface area contributed by atoms with Gasteiger partial charge in [-0.2, -0.15) is 5.10 Å². The van der Waals surface area contributed by atoms with Gasteiger partial charge in [0.25, 0.3) is 0 Å². The van der Waals surface area contributed by atoms with E-state index in [-0.39, 0.29) is 0 Å². The van der Waals surface area contributed by atoms with Crippen molar-refractivity contribution in [3.63, 3.8) is 0 Å². The Labute approximate surface area is 137 Å². The van der Waals surface area contributed by atoms with E-state index in [1.807, 2.05) is 24.4 Å².